The van der Waals surface area contributed by atoms with Crippen LogP contribution in [0.25, 0.3) is 11.1 Å². The number of esters is 1. The normalized spacial score (nSPS) is 10.7. The van der Waals surface area contributed by atoms with Crippen molar-refractivity contribution in [2.45, 2.75) is 6.54 Å². The maximum absolute atomic E-state index is 12.2. The molecular formula is C21H15NO5. The summed E-state index contributed by atoms with van der Waals surface area (Å²) in [6, 6.07) is 22.9. The van der Waals surface area contributed by atoms with E-state index in [1.54, 1.807) is 48.5 Å². The number of para-hydroxylation sites is 3. The van der Waals surface area contributed by atoms with Crippen LogP contribution in [0.15, 0.2) is 88.1 Å². The molecule has 4 rings (SSSR count). The quantitative estimate of drug-likeness (QED) is 0.397. The number of hydrogen-bond acceptors (Lipinski definition) is 5. The van der Waals surface area contributed by atoms with Gasteiger partial charge in [0, 0.05) is 0 Å². The molecule has 0 aliphatic rings. The number of carbonyl (C=O) groups is 1. The molecule has 0 saturated heterocycles. The second kappa shape index (κ2) is 7.21. The first-order valence-electron chi connectivity index (χ1n) is 8.31. The summed E-state index contributed by atoms with van der Waals surface area (Å²) < 4.78 is 17.3. The Morgan fingerprint density at radius 1 is 0.815 bits per heavy atom. The first kappa shape index (κ1) is 16.7. The van der Waals surface area contributed by atoms with Gasteiger partial charge < -0.3 is 13.9 Å². The van der Waals surface area contributed by atoms with Crippen molar-refractivity contribution in [2.24, 2.45) is 0 Å². The minimum atomic E-state index is -0.597. The lowest BCUT2D eigenvalue weighted by Gasteiger charge is -2.07. The minimum Gasteiger partial charge on any atom is -0.457 e. The van der Waals surface area contributed by atoms with Crippen molar-refractivity contribution in [1.82, 2.24) is 4.57 Å². The number of benzene rings is 3. The van der Waals surface area contributed by atoms with Crippen LogP contribution >= 0.6 is 0 Å². The van der Waals surface area contributed by atoms with Gasteiger partial charge in [-0.3, -0.25) is 4.57 Å². The van der Waals surface area contributed by atoms with Crippen LogP contribution in [0.3, 0.4) is 0 Å². The van der Waals surface area contributed by atoms with Crippen LogP contribution in [0.2, 0.25) is 0 Å². The lowest BCUT2D eigenvalue weighted by atomic mass is 10.3. The number of carbonyl (C=O) groups excluding carboxylic acids is 1. The Hall–Kier alpha value is -3.80. The number of hydrogen-bond donors (Lipinski definition) is 0. The van der Waals surface area contributed by atoms with E-state index in [1.165, 1.54) is 4.57 Å². The zero-order chi connectivity index (χ0) is 18.6. The Balaban J connectivity index is 1.43. The highest BCUT2D eigenvalue weighted by molar-refractivity contribution is 5.77. The van der Waals surface area contributed by atoms with Gasteiger partial charge in [0.15, 0.2) is 5.58 Å². The number of aromatic nitrogens is 1. The summed E-state index contributed by atoms with van der Waals surface area (Å²) in [5, 5.41) is 0. The van der Waals surface area contributed by atoms with Gasteiger partial charge in [0.1, 0.15) is 23.8 Å². The van der Waals surface area contributed by atoms with Crippen LogP contribution in [-0.4, -0.2) is 10.5 Å². The fraction of sp³-hybridized carbons (Fsp3) is 0.0476. The van der Waals surface area contributed by atoms with Crippen LogP contribution < -0.4 is 15.2 Å². The molecule has 0 N–H and O–H groups in total. The van der Waals surface area contributed by atoms with Gasteiger partial charge in [0.25, 0.3) is 0 Å². The van der Waals surface area contributed by atoms with E-state index in [1.807, 2.05) is 30.3 Å². The summed E-state index contributed by atoms with van der Waals surface area (Å²) in [5.74, 6) is 0.535. The van der Waals surface area contributed by atoms with E-state index < -0.39 is 11.7 Å². The van der Waals surface area contributed by atoms with Crippen molar-refractivity contribution in [1.29, 1.82) is 0 Å². The van der Waals surface area contributed by atoms with E-state index in [-0.39, 0.29) is 6.54 Å². The molecule has 1 aromatic heterocycles. The molecule has 0 aliphatic carbocycles. The third kappa shape index (κ3) is 3.74. The highest BCUT2D eigenvalue weighted by atomic mass is 16.5. The number of rotatable bonds is 5. The Morgan fingerprint density at radius 3 is 2.22 bits per heavy atom. The summed E-state index contributed by atoms with van der Waals surface area (Å²) in [7, 11) is 0. The average Bonchev–Trinajstić information content (AvgIpc) is 2.99. The molecule has 0 atom stereocenters. The van der Waals surface area contributed by atoms with Crippen LogP contribution in [0.4, 0.5) is 0 Å². The van der Waals surface area contributed by atoms with Crippen LogP contribution in [0.5, 0.6) is 17.2 Å². The van der Waals surface area contributed by atoms with Gasteiger partial charge in [-0.15, -0.1) is 0 Å². The van der Waals surface area contributed by atoms with Gasteiger partial charge in [-0.05, 0) is 48.5 Å². The van der Waals surface area contributed by atoms with Crippen LogP contribution in [0, 0.1) is 0 Å². The molecule has 0 radical (unpaired) electrons. The summed E-state index contributed by atoms with van der Waals surface area (Å²) in [6.07, 6.45) is 0. The van der Waals surface area contributed by atoms with Crippen molar-refractivity contribution in [3.05, 3.63) is 89.4 Å². The molecule has 3 aromatic carbocycles. The smallest absolute Gasteiger partial charge is 0.420 e. The lowest BCUT2D eigenvalue weighted by molar-refractivity contribution is -0.135. The summed E-state index contributed by atoms with van der Waals surface area (Å²) in [6.45, 7) is -0.238. The first-order chi connectivity index (χ1) is 13.2. The third-order valence-electron chi connectivity index (χ3n) is 3.90. The Labute approximate surface area is 154 Å². The second-order valence-corrected chi connectivity index (χ2v) is 5.78. The monoisotopic (exact) mass is 361 g/mol. The fourth-order valence-corrected chi connectivity index (χ4v) is 2.66. The molecule has 0 aliphatic heterocycles. The number of oxazole rings is 1. The summed E-state index contributed by atoms with van der Waals surface area (Å²) in [4.78, 5) is 24.1. The number of fused-ring (bicyclic) bond motifs is 1. The maximum atomic E-state index is 12.2. The van der Waals surface area contributed by atoms with Gasteiger partial charge in [-0.1, -0.05) is 30.3 Å². The van der Waals surface area contributed by atoms with E-state index >= 15 is 0 Å². The van der Waals surface area contributed by atoms with E-state index in [0.29, 0.717) is 28.3 Å². The molecule has 0 fully saturated rings. The van der Waals surface area contributed by atoms with Gasteiger partial charge in [0.2, 0.25) is 0 Å². The van der Waals surface area contributed by atoms with Gasteiger partial charge >= 0.3 is 11.7 Å². The fourth-order valence-electron chi connectivity index (χ4n) is 2.66. The second-order valence-electron chi connectivity index (χ2n) is 5.78. The topological polar surface area (TPSA) is 70.7 Å². The van der Waals surface area contributed by atoms with Crippen molar-refractivity contribution in [2.75, 3.05) is 0 Å². The van der Waals surface area contributed by atoms with E-state index in [0.717, 1.165) is 0 Å². The van der Waals surface area contributed by atoms with Crippen molar-refractivity contribution >= 4 is 17.1 Å². The summed E-state index contributed by atoms with van der Waals surface area (Å²) in [5.41, 5.74) is 0.976. The Kier molecular flexibility index (Phi) is 4.45. The van der Waals surface area contributed by atoms with E-state index in [9.17, 15) is 9.59 Å². The van der Waals surface area contributed by atoms with Crippen LogP contribution in [0.1, 0.15) is 0 Å². The largest absolute Gasteiger partial charge is 0.457 e. The molecule has 0 saturated carbocycles. The number of nitrogens with zero attached hydrogens (tertiary/aromatic N) is 1. The Morgan fingerprint density at radius 2 is 1.44 bits per heavy atom. The zero-order valence-electron chi connectivity index (χ0n) is 14.2. The molecule has 0 unspecified atom stereocenters. The molecule has 0 spiro atoms. The molecular weight excluding hydrogens is 346 g/mol. The molecule has 6 nitrogen and oxygen atoms in total. The highest BCUT2D eigenvalue weighted by Crippen LogP contribution is 2.23. The third-order valence-corrected chi connectivity index (χ3v) is 3.90. The molecule has 27 heavy (non-hydrogen) atoms. The van der Waals surface area contributed by atoms with E-state index in [2.05, 4.69) is 0 Å². The maximum Gasteiger partial charge on any atom is 0.420 e. The molecule has 4 aromatic rings. The van der Waals surface area contributed by atoms with Crippen molar-refractivity contribution < 1.29 is 18.7 Å². The average molecular weight is 361 g/mol. The van der Waals surface area contributed by atoms with Gasteiger partial charge in [0.05, 0.1) is 5.52 Å². The molecule has 6 heteroatoms. The predicted molar refractivity (Wildman–Crippen MR) is 99.1 cm³/mol. The molecule has 0 amide bonds. The van der Waals surface area contributed by atoms with Crippen molar-refractivity contribution in [3.8, 4) is 17.2 Å². The summed E-state index contributed by atoms with van der Waals surface area (Å²) >= 11 is 0. The SMILES string of the molecule is O=C(Cn1c(=O)oc2ccccc21)Oc1ccc(Oc2ccccc2)cc1. The molecule has 1 heterocycles. The molecule has 0 bridgehead atoms. The predicted octanol–water partition coefficient (Wildman–Crippen LogP) is 3.99. The first-order valence-corrected chi connectivity index (χ1v) is 8.31. The highest BCUT2D eigenvalue weighted by Gasteiger charge is 2.14. The zero-order valence-corrected chi connectivity index (χ0v) is 14.2. The lowest BCUT2D eigenvalue weighted by Crippen LogP contribution is -2.23. The standard InChI is InChI=1S/C21H15NO5/c23-20(14-22-18-8-4-5-9-19(18)27-21(22)24)26-17-12-10-16(11-13-17)25-15-6-2-1-3-7-15/h1-13H,14H2. The van der Waals surface area contributed by atoms with Gasteiger partial charge in [-0.2, -0.15) is 0 Å². The number of ether oxygens (including phenoxy) is 2. The van der Waals surface area contributed by atoms with E-state index in [4.69, 9.17) is 13.9 Å². The van der Waals surface area contributed by atoms with Gasteiger partial charge in [-0.25, -0.2) is 9.59 Å². The van der Waals surface area contributed by atoms with Crippen molar-refractivity contribution in [3.63, 3.8) is 0 Å². The minimum absolute atomic E-state index is 0.238. The Bertz CT molecular complexity index is 1130. The van der Waals surface area contributed by atoms with Crippen LogP contribution in [-0.2, 0) is 11.3 Å². The molecule has 134 valence electrons.